The number of carbonyl (C=O) groups excluding carboxylic acids is 1. The van der Waals surface area contributed by atoms with Crippen LogP contribution in [-0.4, -0.2) is 12.5 Å². The van der Waals surface area contributed by atoms with E-state index in [-0.39, 0.29) is 5.91 Å². The Labute approximate surface area is 110 Å². The quantitative estimate of drug-likeness (QED) is 0.643. The minimum atomic E-state index is 0.0631. The standard InChI is InChI=1S/C12H17IN2O/c1-9-5-6-10(8-11(9)13)15-12(16)4-2-3-7-14/h5-6,8H,2-4,7,14H2,1H3,(H,15,16). The number of amides is 1. The summed E-state index contributed by atoms with van der Waals surface area (Å²) in [5.41, 5.74) is 7.46. The molecule has 1 rings (SSSR count). The molecule has 1 amide bonds. The van der Waals surface area contributed by atoms with Crippen LogP contribution in [0.15, 0.2) is 18.2 Å². The first-order valence-electron chi connectivity index (χ1n) is 5.39. The van der Waals surface area contributed by atoms with Gasteiger partial charge in [-0.2, -0.15) is 0 Å². The van der Waals surface area contributed by atoms with Gasteiger partial charge in [0.15, 0.2) is 0 Å². The van der Waals surface area contributed by atoms with Gasteiger partial charge in [0.25, 0.3) is 0 Å². The lowest BCUT2D eigenvalue weighted by atomic mass is 10.2. The summed E-state index contributed by atoms with van der Waals surface area (Å²) in [5, 5.41) is 2.88. The van der Waals surface area contributed by atoms with E-state index >= 15 is 0 Å². The molecule has 1 aromatic carbocycles. The maximum Gasteiger partial charge on any atom is 0.224 e. The van der Waals surface area contributed by atoms with Crippen LogP contribution in [0.5, 0.6) is 0 Å². The number of unbranched alkanes of at least 4 members (excludes halogenated alkanes) is 1. The number of rotatable bonds is 5. The molecule has 3 N–H and O–H groups in total. The van der Waals surface area contributed by atoms with Crippen molar-refractivity contribution in [2.45, 2.75) is 26.2 Å². The fourth-order valence-corrected chi connectivity index (χ4v) is 1.84. The van der Waals surface area contributed by atoms with Crippen molar-refractivity contribution in [3.63, 3.8) is 0 Å². The highest BCUT2D eigenvalue weighted by Gasteiger charge is 2.03. The Balaban J connectivity index is 2.46. The molecule has 0 aliphatic heterocycles. The zero-order valence-corrected chi connectivity index (χ0v) is 11.6. The maximum absolute atomic E-state index is 11.5. The fourth-order valence-electron chi connectivity index (χ4n) is 1.32. The lowest BCUT2D eigenvalue weighted by molar-refractivity contribution is -0.116. The number of hydrogen-bond donors (Lipinski definition) is 2. The largest absolute Gasteiger partial charge is 0.330 e. The van der Waals surface area contributed by atoms with Gasteiger partial charge in [-0.1, -0.05) is 6.07 Å². The number of nitrogens with two attached hydrogens (primary N) is 1. The summed E-state index contributed by atoms with van der Waals surface area (Å²) < 4.78 is 1.16. The average Bonchev–Trinajstić information content (AvgIpc) is 2.24. The second-order valence-electron chi connectivity index (χ2n) is 3.76. The van der Waals surface area contributed by atoms with Crippen LogP contribution < -0.4 is 11.1 Å². The molecule has 0 saturated heterocycles. The van der Waals surface area contributed by atoms with Crippen molar-refractivity contribution in [2.75, 3.05) is 11.9 Å². The molecular formula is C12H17IN2O. The summed E-state index contributed by atoms with van der Waals surface area (Å²) in [5.74, 6) is 0.0631. The van der Waals surface area contributed by atoms with Gasteiger partial charge in [0, 0.05) is 15.7 Å². The van der Waals surface area contributed by atoms with Crippen molar-refractivity contribution < 1.29 is 4.79 Å². The van der Waals surface area contributed by atoms with Gasteiger partial charge in [-0.05, 0) is 66.6 Å². The number of halogens is 1. The van der Waals surface area contributed by atoms with Crippen molar-refractivity contribution >= 4 is 34.2 Å². The zero-order chi connectivity index (χ0) is 12.0. The molecule has 0 aliphatic rings. The second-order valence-corrected chi connectivity index (χ2v) is 4.92. The molecule has 0 bridgehead atoms. The predicted molar refractivity (Wildman–Crippen MR) is 75.4 cm³/mol. The molecule has 1 aromatic rings. The van der Waals surface area contributed by atoms with E-state index in [1.165, 1.54) is 5.56 Å². The highest BCUT2D eigenvalue weighted by Crippen LogP contribution is 2.17. The van der Waals surface area contributed by atoms with Crippen LogP contribution in [0.3, 0.4) is 0 Å². The third-order valence-electron chi connectivity index (χ3n) is 2.31. The Morgan fingerprint density at radius 1 is 1.44 bits per heavy atom. The Morgan fingerprint density at radius 3 is 2.81 bits per heavy atom. The molecule has 0 aromatic heterocycles. The first-order valence-corrected chi connectivity index (χ1v) is 6.47. The fraction of sp³-hybridized carbons (Fsp3) is 0.417. The molecule has 0 unspecified atom stereocenters. The van der Waals surface area contributed by atoms with E-state index in [0.29, 0.717) is 13.0 Å². The highest BCUT2D eigenvalue weighted by atomic mass is 127. The average molecular weight is 332 g/mol. The summed E-state index contributed by atoms with van der Waals surface area (Å²) in [4.78, 5) is 11.5. The summed E-state index contributed by atoms with van der Waals surface area (Å²) in [6.07, 6.45) is 2.30. The predicted octanol–water partition coefficient (Wildman–Crippen LogP) is 2.67. The van der Waals surface area contributed by atoms with Crippen LogP contribution in [0.4, 0.5) is 5.69 Å². The Bertz CT molecular complexity index is 366. The Morgan fingerprint density at radius 2 is 2.19 bits per heavy atom. The lowest BCUT2D eigenvalue weighted by Crippen LogP contribution is -2.12. The number of benzene rings is 1. The van der Waals surface area contributed by atoms with Gasteiger partial charge in [0.05, 0.1) is 0 Å². The van der Waals surface area contributed by atoms with Crippen molar-refractivity contribution in [3.8, 4) is 0 Å². The molecule has 0 atom stereocenters. The third kappa shape index (κ3) is 4.49. The van der Waals surface area contributed by atoms with Crippen molar-refractivity contribution in [1.29, 1.82) is 0 Å². The molecule has 16 heavy (non-hydrogen) atoms. The molecule has 0 saturated carbocycles. The molecular weight excluding hydrogens is 315 g/mol. The Hall–Kier alpha value is -0.620. The lowest BCUT2D eigenvalue weighted by Gasteiger charge is -2.06. The van der Waals surface area contributed by atoms with Gasteiger partial charge in [-0.25, -0.2) is 0 Å². The first kappa shape index (κ1) is 13.4. The van der Waals surface area contributed by atoms with E-state index in [2.05, 4.69) is 34.8 Å². The number of carbonyl (C=O) groups is 1. The number of anilines is 1. The van der Waals surface area contributed by atoms with E-state index in [0.717, 1.165) is 22.1 Å². The Kier molecular flexibility index (Phi) is 5.76. The highest BCUT2D eigenvalue weighted by molar-refractivity contribution is 14.1. The smallest absolute Gasteiger partial charge is 0.224 e. The zero-order valence-electron chi connectivity index (χ0n) is 9.42. The van der Waals surface area contributed by atoms with E-state index in [9.17, 15) is 4.79 Å². The van der Waals surface area contributed by atoms with Gasteiger partial charge in [-0.15, -0.1) is 0 Å². The summed E-state index contributed by atoms with van der Waals surface area (Å²) in [6, 6.07) is 5.92. The van der Waals surface area contributed by atoms with Crippen LogP contribution >= 0.6 is 22.6 Å². The normalized spacial score (nSPS) is 10.2. The maximum atomic E-state index is 11.5. The van der Waals surface area contributed by atoms with Crippen molar-refractivity contribution in [2.24, 2.45) is 5.73 Å². The van der Waals surface area contributed by atoms with E-state index in [1.807, 2.05) is 18.2 Å². The minimum Gasteiger partial charge on any atom is -0.330 e. The van der Waals surface area contributed by atoms with Crippen LogP contribution in [0.2, 0.25) is 0 Å². The molecule has 88 valence electrons. The van der Waals surface area contributed by atoms with E-state index < -0.39 is 0 Å². The number of hydrogen-bond acceptors (Lipinski definition) is 2. The van der Waals surface area contributed by atoms with E-state index in [4.69, 9.17) is 5.73 Å². The molecule has 0 aliphatic carbocycles. The third-order valence-corrected chi connectivity index (χ3v) is 3.48. The van der Waals surface area contributed by atoms with Crippen LogP contribution in [-0.2, 0) is 4.79 Å². The topological polar surface area (TPSA) is 55.1 Å². The summed E-state index contributed by atoms with van der Waals surface area (Å²) in [7, 11) is 0. The SMILES string of the molecule is Cc1ccc(NC(=O)CCCCN)cc1I. The van der Waals surface area contributed by atoms with Crippen LogP contribution in [0, 0.1) is 10.5 Å². The first-order chi connectivity index (χ1) is 7.63. The molecule has 0 heterocycles. The van der Waals surface area contributed by atoms with Gasteiger partial charge in [0.2, 0.25) is 5.91 Å². The molecule has 0 spiro atoms. The molecule has 4 heteroatoms. The van der Waals surface area contributed by atoms with E-state index in [1.54, 1.807) is 0 Å². The molecule has 3 nitrogen and oxygen atoms in total. The second kappa shape index (κ2) is 6.85. The van der Waals surface area contributed by atoms with Crippen molar-refractivity contribution in [1.82, 2.24) is 0 Å². The number of aryl methyl sites for hydroxylation is 1. The molecule has 0 radical (unpaired) electrons. The van der Waals surface area contributed by atoms with Crippen LogP contribution in [0.25, 0.3) is 0 Å². The van der Waals surface area contributed by atoms with Gasteiger partial charge in [-0.3, -0.25) is 4.79 Å². The van der Waals surface area contributed by atoms with Gasteiger partial charge < -0.3 is 11.1 Å². The monoisotopic (exact) mass is 332 g/mol. The number of nitrogens with one attached hydrogen (secondary N) is 1. The molecule has 0 fully saturated rings. The van der Waals surface area contributed by atoms with Crippen molar-refractivity contribution in [3.05, 3.63) is 27.3 Å². The summed E-state index contributed by atoms with van der Waals surface area (Å²) >= 11 is 2.26. The summed E-state index contributed by atoms with van der Waals surface area (Å²) in [6.45, 7) is 2.70. The minimum absolute atomic E-state index is 0.0631. The van der Waals surface area contributed by atoms with Gasteiger partial charge >= 0.3 is 0 Å². The van der Waals surface area contributed by atoms with Gasteiger partial charge in [0.1, 0.15) is 0 Å². The van der Waals surface area contributed by atoms with Crippen LogP contribution in [0.1, 0.15) is 24.8 Å².